The van der Waals surface area contributed by atoms with Crippen molar-refractivity contribution in [2.75, 3.05) is 17.2 Å². The lowest BCUT2D eigenvalue weighted by Crippen LogP contribution is -2.42. The fourth-order valence-electron chi connectivity index (χ4n) is 3.89. The van der Waals surface area contributed by atoms with Crippen molar-refractivity contribution in [3.8, 4) is 0 Å². The molecule has 184 valence electrons. The first kappa shape index (κ1) is 24.5. The van der Waals surface area contributed by atoms with Crippen LogP contribution in [0.5, 0.6) is 0 Å². The minimum atomic E-state index is -0.695. The van der Waals surface area contributed by atoms with Crippen LogP contribution in [-0.2, 0) is 24.4 Å². The standard InChI is InChI=1S/C27H26FN5O3/c28-22-14-8-7-13-21(22)15-30-23(34)18-32(16-19-9-3-1-4-10-19)24-25(29)33(27(36)31-26(24)35)17-20-11-5-2-6-12-20/h1-14H,15-18,29H2,(H,30,34)(H,31,35,36). The molecule has 9 heteroatoms. The van der Waals surface area contributed by atoms with Gasteiger partial charge in [0.2, 0.25) is 5.91 Å². The number of halogens is 1. The highest BCUT2D eigenvalue weighted by molar-refractivity contribution is 5.82. The number of aromatic nitrogens is 2. The summed E-state index contributed by atoms with van der Waals surface area (Å²) in [6.07, 6.45) is 0. The molecule has 0 fully saturated rings. The van der Waals surface area contributed by atoms with Gasteiger partial charge in [-0.2, -0.15) is 0 Å². The maximum absolute atomic E-state index is 14.0. The van der Waals surface area contributed by atoms with Gasteiger partial charge in [0.25, 0.3) is 5.56 Å². The highest BCUT2D eigenvalue weighted by Gasteiger charge is 2.22. The third-order valence-electron chi connectivity index (χ3n) is 5.70. The number of rotatable bonds is 9. The number of anilines is 2. The van der Waals surface area contributed by atoms with Crippen LogP contribution in [0.1, 0.15) is 16.7 Å². The molecule has 0 aliphatic carbocycles. The van der Waals surface area contributed by atoms with Crippen LogP contribution in [0.2, 0.25) is 0 Å². The number of aromatic amines is 1. The largest absolute Gasteiger partial charge is 0.383 e. The quantitative estimate of drug-likeness (QED) is 0.336. The van der Waals surface area contributed by atoms with E-state index in [2.05, 4.69) is 10.3 Å². The topological polar surface area (TPSA) is 113 Å². The predicted molar refractivity (Wildman–Crippen MR) is 137 cm³/mol. The van der Waals surface area contributed by atoms with Gasteiger partial charge < -0.3 is 16.0 Å². The van der Waals surface area contributed by atoms with Crippen molar-refractivity contribution in [1.29, 1.82) is 0 Å². The van der Waals surface area contributed by atoms with Gasteiger partial charge in [0.05, 0.1) is 13.1 Å². The van der Waals surface area contributed by atoms with Gasteiger partial charge in [-0.15, -0.1) is 0 Å². The van der Waals surface area contributed by atoms with Crippen molar-refractivity contribution in [3.05, 3.63) is 128 Å². The summed E-state index contributed by atoms with van der Waals surface area (Å²) in [6, 6.07) is 24.6. The van der Waals surface area contributed by atoms with Gasteiger partial charge in [-0.1, -0.05) is 78.9 Å². The molecule has 0 aliphatic heterocycles. The Morgan fingerprint density at radius 1 is 0.917 bits per heavy atom. The Labute approximate surface area is 206 Å². The molecule has 0 saturated heterocycles. The van der Waals surface area contributed by atoms with Gasteiger partial charge in [-0.3, -0.25) is 19.1 Å². The summed E-state index contributed by atoms with van der Waals surface area (Å²) in [5.74, 6) is -0.910. The molecule has 0 saturated carbocycles. The minimum Gasteiger partial charge on any atom is -0.383 e. The van der Waals surface area contributed by atoms with Crippen molar-refractivity contribution < 1.29 is 9.18 Å². The van der Waals surface area contributed by atoms with Gasteiger partial charge in [0, 0.05) is 18.7 Å². The molecule has 0 aliphatic rings. The van der Waals surface area contributed by atoms with Crippen molar-refractivity contribution in [3.63, 3.8) is 0 Å². The first-order valence-electron chi connectivity index (χ1n) is 11.4. The van der Waals surface area contributed by atoms with E-state index in [9.17, 15) is 18.8 Å². The minimum absolute atomic E-state index is 0.00965. The van der Waals surface area contributed by atoms with Gasteiger partial charge in [-0.05, 0) is 17.2 Å². The highest BCUT2D eigenvalue weighted by Crippen LogP contribution is 2.20. The molecule has 4 rings (SSSR count). The Morgan fingerprint density at radius 2 is 1.53 bits per heavy atom. The molecule has 1 heterocycles. The third kappa shape index (κ3) is 5.87. The molecule has 0 unspecified atom stereocenters. The van der Waals surface area contributed by atoms with E-state index in [1.807, 2.05) is 60.7 Å². The number of carbonyl (C=O) groups excluding carboxylic acids is 1. The van der Waals surface area contributed by atoms with Crippen LogP contribution in [-0.4, -0.2) is 22.0 Å². The molecule has 4 N–H and O–H groups in total. The molecule has 0 bridgehead atoms. The summed E-state index contributed by atoms with van der Waals surface area (Å²) in [5, 5.41) is 2.69. The maximum atomic E-state index is 14.0. The number of nitrogens with one attached hydrogen (secondary N) is 2. The molecule has 8 nitrogen and oxygen atoms in total. The van der Waals surface area contributed by atoms with E-state index >= 15 is 0 Å². The second-order valence-electron chi connectivity index (χ2n) is 8.27. The third-order valence-corrected chi connectivity index (χ3v) is 5.70. The zero-order valence-corrected chi connectivity index (χ0v) is 19.5. The van der Waals surface area contributed by atoms with Gasteiger partial charge in [-0.25, -0.2) is 9.18 Å². The van der Waals surface area contributed by atoms with Crippen molar-refractivity contribution in [1.82, 2.24) is 14.9 Å². The zero-order chi connectivity index (χ0) is 25.5. The lowest BCUT2D eigenvalue weighted by atomic mass is 10.2. The van der Waals surface area contributed by atoms with E-state index in [-0.39, 0.29) is 37.7 Å². The normalized spacial score (nSPS) is 10.7. The molecule has 4 aromatic rings. The molecule has 36 heavy (non-hydrogen) atoms. The van der Waals surface area contributed by atoms with Crippen LogP contribution < -0.4 is 27.2 Å². The van der Waals surface area contributed by atoms with E-state index in [1.165, 1.54) is 15.5 Å². The zero-order valence-electron chi connectivity index (χ0n) is 19.5. The smallest absolute Gasteiger partial charge is 0.330 e. The van der Waals surface area contributed by atoms with Gasteiger partial charge in [0.1, 0.15) is 17.3 Å². The molecule has 1 aromatic heterocycles. The SMILES string of the molecule is Nc1c(N(CC(=O)NCc2ccccc2F)Cc2ccccc2)c(=O)[nH]c(=O)n1Cc1ccccc1. The highest BCUT2D eigenvalue weighted by atomic mass is 19.1. The number of benzene rings is 3. The van der Waals surface area contributed by atoms with Gasteiger partial charge >= 0.3 is 5.69 Å². The van der Waals surface area contributed by atoms with Crippen LogP contribution in [0.15, 0.2) is 94.5 Å². The number of H-pyrrole nitrogens is 1. The average molecular weight is 488 g/mol. The number of nitrogens with two attached hydrogens (primary N) is 1. The van der Waals surface area contributed by atoms with E-state index in [0.29, 0.717) is 5.56 Å². The van der Waals surface area contributed by atoms with Crippen molar-refractivity contribution in [2.24, 2.45) is 0 Å². The molecular weight excluding hydrogens is 461 g/mol. The number of carbonyl (C=O) groups is 1. The Morgan fingerprint density at radius 3 is 2.19 bits per heavy atom. The first-order chi connectivity index (χ1) is 17.4. The lowest BCUT2D eigenvalue weighted by molar-refractivity contribution is -0.119. The number of hydrogen-bond acceptors (Lipinski definition) is 5. The summed E-state index contributed by atoms with van der Waals surface area (Å²) in [4.78, 5) is 42.2. The van der Waals surface area contributed by atoms with E-state index in [4.69, 9.17) is 5.73 Å². The molecule has 0 radical (unpaired) electrons. The number of nitrogens with zero attached hydrogens (tertiary/aromatic N) is 2. The van der Waals surface area contributed by atoms with Crippen LogP contribution in [0.4, 0.5) is 15.9 Å². The second kappa shape index (κ2) is 11.2. The summed E-state index contributed by atoms with van der Waals surface area (Å²) in [5.41, 5.74) is 7.03. The molecular formula is C27H26FN5O3. The predicted octanol–water partition coefficient (Wildman–Crippen LogP) is 2.63. The van der Waals surface area contributed by atoms with Crippen LogP contribution in [0, 0.1) is 5.82 Å². The van der Waals surface area contributed by atoms with E-state index in [0.717, 1.165) is 11.1 Å². The average Bonchev–Trinajstić information content (AvgIpc) is 2.87. The number of nitrogen functional groups attached to an aromatic ring is 1. The Bertz CT molecular complexity index is 1450. The molecule has 0 spiro atoms. The molecule has 0 atom stereocenters. The molecule has 3 aromatic carbocycles. The number of hydrogen-bond donors (Lipinski definition) is 3. The lowest BCUT2D eigenvalue weighted by Gasteiger charge is -2.26. The summed E-state index contributed by atoms with van der Waals surface area (Å²) in [6.45, 7) is 0.0862. The summed E-state index contributed by atoms with van der Waals surface area (Å²) < 4.78 is 15.2. The second-order valence-corrected chi connectivity index (χ2v) is 8.27. The van der Waals surface area contributed by atoms with Crippen molar-refractivity contribution in [2.45, 2.75) is 19.6 Å². The van der Waals surface area contributed by atoms with Crippen LogP contribution >= 0.6 is 0 Å². The summed E-state index contributed by atoms with van der Waals surface area (Å²) >= 11 is 0. The maximum Gasteiger partial charge on any atom is 0.330 e. The Balaban J connectivity index is 1.65. The van der Waals surface area contributed by atoms with Crippen molar-refractivity contribution >= 4 is 17.4 Å². The molecule has 1 amide bonds. The van der Waals surface area contributed by atoms with E-state index < -0.39 is 23.0 Å². The first-order valence-corrected chi connectivity index (χ1v) is 11.4. The monoisotopic (exact) mass is 487 g/mol. The van der Waals surface area contributed by atoms with E-state index in [1.54, 1.807) is 18.2 Å². The summed E-state index contributed by atoms with van der Waals surface area (Å²) in [7, 11) is 0. The van der Waals surface area contributed by atoms with Crippen LogP contribution in [0.3, 0.4) is 0 Å². The Hall–Kier alpha value is -4.66. The van der Waals surface area contributed by atoms with Gasteiger partial charge in [0.15, 0.2) is 0 Å². The fourth-order valence-corrected chi connectivity index (χ4v) is 3.89. The fraction of sp³-hybridized carbons (Fsp3) is 0.148. The van der Waals surface area contributed by atoms with Crippen LogP contribution in [0.25, 0.3) is 0 Å². The Kier molecular flexibility index (Phi) is 7.60. The number of amides is 1.